The summed E-state index contributed by atoms with van der Waals surface area (Å²) in [5.41, 5.74) is 1.66. The molecule has 4 amide bonds. The molecule has 10 nitrogen and oxygen atoms in total. The smallest absolute Gasteiger partial charge is 0.313 e. The summed E-state index contributed by atoms with van der Waals surface area (Å²) in [6.07, 6.45) is 1.59. The maximum atomic E-state index is 12.6. The number of nitrogens with one attached hydrogen (secondary N) is 2. The maximum absolute atomic E-state index is 12.6. The van der Waals surface area contributed by atoms with Crippen LogP contribution in [0.4, 0.5) is 4.79 Å². The molecule has 0 radical (unpaired) electrons. The summed E-state index contributed by atoms with van der Waals surface area (Å²) in [6, 6.07) is 8.92. The van der Waals surface area contributed by atoms with Gasteiger partial charge in [0, 0.05) is 19.6 Å². The number of carbonyl (C=O) groups is 3. The van der Waals surface area contributed by atoms with Crippen LogP contribution in [-0.2, 0) is 26.0 Å². The van der Waals surface area contributed by atoms with E-state index in [0.29, 0.717) is 12.8 Å². The van der Waals surface area contributed by atoms with E-state index in [1.807, 2.05) is 30.3 Å². The van der Waals surface area contributed by atoms with E-state index in [0.717, 1.165) is 10.5 Å². The molecule has 1 aromatic rings. The molecule has 2 rings (SSSR count). The molecule has 0 aromatic heterocycles. The number of nitrogens with zero attached hydrogens (tertiary/aromatic N) is 2. The van der Waals surface area contributed by atoms with Crippen molar-refractivity contribution in [2.45, 2.75) is 58.0 Å². The average molecular weight is 483 g/mol. The van der Waals surface area contributed by atoms with Crippen LogP contribution in [0.2, 0.25) is 0 Å². The van der Waals surface area contributed by atoms with Gasteiger partial charge in [-0.3, -0.25) is 19.7 Å². The highest BCUT2D eigenvalue weighted by molar-refractivity contribution is 7.89. The molecule has 11 heteroatoms. The predicted octanol–water partition coefficient (Wildman–Crippen LogP) is 1.50. The molecule has 1 aliphatic heterocycles. The highest BCUT2D eigenvalue weighted by Gasteiger charge is 2.48. The number of sulfonamides is 1. The molecule has 2 unspecified atom stereocenters. The van der Waals surface area contributed by atoms with Crippen LogP contribution in [0.5, 0.6) is 0 Å². The second-order valence-electron chi connectivity index (χ2n) is 9.00. The fourth-order valence-electron chi connectivity index (χ4n) is 3.76. The number of hydroxylamine groups is 1. The van der Waals surface area contributed by atoms with Gasteiger partial charge in [0.2, 0.25) is 15.9 Å². The van der Waals surface area contributed by atoms with Crippen LogP contribution < -0.4 is 10.2 Å². The number of amides is 4. The van der Waals surface area contributed by atoms with Gasteiger partial charge in [-0.1, -0.05) is 30.3 Å². The highest BCUT2D eigenvalue weighted by Crippen LogP contribution is 2.26. The van der Waals surface area contributed by atoms with E-state index < -0.39 is 39.2 Å². The number of hydrogen-bond donors (Lipinski definition) is 3. The molecule has 33 heavy (non-hydrogen) atoms. The van der Waals surface area contributed by atoms with Crippen molar-refractivity contribution < 1.29 is 28.0 Å². The average Bonchev–Trinajstić information content (AvgIpc) is 2.91. The normalized spacial score (nSPS) is 17.8. The lowest BCUT2D eigenvalue weighted by Gasteiger charge is -2.22. The summed E-state index contributed by atoms with van der Waals surface area (Å²) >= 11 is 0. The van der Waals surface area contributed by atoms with Crippen molar-refractivity contribution in [1.29, 1.82) is 0 Å². The fraction of sp³-hybridized carbons (Fsp3) is 0.591. The van der Waals surface area contributed by atoms with Crippen LogP contribution in [0.3, 0.4) is 0 Å². The van der Waals surface area contributed by atoms with E-state index in [9.17, 15) is 22.8 Å². The maximum Gasteiger partial charge on any atom is 0.327 e. The Labute approximate surface area is 195 Å². The molecular formula is C22H34N4O6S. The zero-order valence-corrected chi connectivity index (χ0v) is 20.4. The van der Waals surface area contributed by atoms with Crippen LogP contribution >= 0.6 is 0 Å². The van der Waals surface area contributed by atoms with Crippen molar-refractivity contribution in [3.63, 3.8) is 0 Å². The highest BCUT2D eigenvalue weighted by atomic mass is 32.2. The van der Waals surface area contributed by atoms with Gasteiger partial charge in [-0.05, 0) is 52.0 Å². The summed E-state index contributed by atoms with van der Waals surface area (Å²) in [5.74, 6) is -2.72. The first-order chi connectivity index (χ1) is 15.4. The molecule has 2 atom stereocenters. The van der Waals surface area contributed by atoms with Gasteiger partial charge in [-0.2, -0.15) is 0 Å². The predicted molar refractivity (Wildman–Crippen MR) is 123 cm³/mol. The minimum Gasteiger partial charge on any atom is -0.313 e. The monoisotopic (exact) mass is 482 g/mol. The van der Waals surface area contributed by atoms with Gasteiger partial charge < -0.3 is 4.90 Å². The Balaban J connectivity index is 1.91. The number of hydrogen-bond acceptors (Lipinski definition) is 6. The number of rotatable bonds is 12. The van der Waals surface area contributed by atoms with Crippen molar-refractivity contribution in [2.75, 3.05) is 19.3 Å². The zero-order chi connectivity index (χ0) is 24.8. The van der Waals surface area contributed by atoms with Gasteiger partial charge in [0.05, 0.1) is 11.7 Å². The molecule has 1 saturated heterocycles. The molecule has 0 saturated carbocycles. The van der Waals surface area contributed by atoms with Crippen molar-refractivity contribution in [3.8, 4) is 0 Å². The van der Waals surface area contributed by atoms with E-state index >= 15 is 0 Å². The van der Waals surface area contributed by atoms with Crippen molar-refractivity contribution in [1.82, 2.24) is 20.0 Å². The second-order valence-corrected chi connectivity index (χ2v) is 10.8. The first-order valence-electron chi connectivity index (χ1n) is 11.0. The zero-order valence-electron chi connectivity index (χ0n) is 19.6. The summed E-state index contributed by atoms with van der Waals surface area (Å²) in [4.78, 5) is 39.3. The minimum absolute atomic E-state index is 0.0571. The molecule has 0 aliphatic carbocycles. The number of urea groups is 1. The fourth-order valence-corrected chi connectivity index (χ4v) is 5.44. The van der Waals surface area contributed by atoms with Gasteiger partial charge in [0.15, 0.2) is 0 Å². The Morgan fingerprint density at radius 3 is 2.33 bits per heavy atom. The van der Waals surface area contributed by atoms with Gasteiger partial charge >= 0.3 is 6.03 Å². The van der Waals surface area contributed by atoms with Gasteiger partial charge in [0.1, 0.15) is 5.54 Å². The Morgan fingerprint density at radius 2 is 1.79 bits per heavy atom. The quantitative estimate of drug-likeness (QED) is 0.235. The van der Waals surface area contributed by atoms with Crippen LogP contribution in [-0.4, -0.2) is 72.2 Å². The lowest BCUT2D eigenvalue weighted by molar-refractivity contribution is -0.133. The molecule has 1 aromatic carbocycles. The third-order valence-electron chi connectivity index (χ3n) is 6.05. The second kappa shape index (κ2) is 11.1. The lowest BCUT2D eigenvalue weighted by Crippen LogP contribution is -2.42. The number of carbonyl (C=O) groups excluding carboxylic acids is 3. The third-order valence-corrected chi connectivity index (χ3v) is 7.65. The summed E-state index contributed by atoms with van der Waals surface area (Å²) in [5, 5.41) is 9.05. The van der Waals surface area contributed by atoms with Crippen LogP contribution in [0.15, 0.2) is 30.3 Å². The van der Waals surface area contributed by atoms with Crippen LogP contribution in [0, 0.1) is 5.92 Å². The molecule has 1 fully saturated rings. The molecular weight excluding hydrogens is 448 g/mol. The van der Waals surface area contributed by atoms with E-state index in [-0.39, 0.29) is 31.3 Å². The standard InChI is InChI=1S/C22H34N4O6S/c1-16(12-13-17-9-6-5-7-10-17)24-33(31,32)15-18(19(27)23-30)11-8-14-26-20(28)22(2,3)25(4)21(26)29/h5-7,9-10,16,18,24,30H,8,11-15H2,1-4H3,(H,23,27). The number of likely N-dealkylation sites (N-methyl/N-ethyl adjacent to an activating group) is 1. The molecule has 3 N–H and O–H groups in total. The van der Waals surface area contributed by atoms with Crippen LogP contribution in [0.25, 0.3) is 0 Å². The van der Waals surface area contributed by atoms with Crippen molar-refractivity contribution in [2.24, 2.45) is 5.92 Å². The van der Waals surface area contributed by atoms with Gasteiger partial charge in [0.25, 0.3) is 5.91 Å². The molecule has 1 aliphatic rings. The van der Waals surface area contributed by atoms with Crippen molar-refractivity contribution >= 4 is 27.9 Å². The van der Waals surface area contributed by atoms with Crippen molar-refractivity contribution in [3.05, 3.63) is 35.9 Å². The minimum atomic E-state index is -3.82. The van der Waals surface area contributed by atoms with Gasteiger partial charge in [-0.15, -0.1) is 0 Å². The topological polar surface area (TPSA) is 136 Å². The van der Waals surface area contributed by atoms with E-state index in [2.05, 4.69) is 4.72 Å². The van der Waals surface area contributed by atoms with Crippen LogP contribution in [0.1, 0.15) is 45.6 Å². The molecule has 0 spiro atoms. The number of aryl methyl sites for hydroxylation is 1. The lowest BCUT2D eigenvalue weighted by atomic mass is 10.0. The Bertz CT molecular complexity index is 951. The van der Waals surface area contributed by atoms with Gasteiger partial charge in [-0.25, -0.2) is 23.4 Å². The SMILES string of the molecule is CC(CCc1ccccc1)NS(=O)(=O)CC(CCCN1C(=O)N(C)C(C)(C)C1=O)C(=O)NO. The Hall–Kier alpha value is -2.50. The summed E-state index contributed by atoms with van der Waals surface area (Å²) in [7, 11) is -2.27. The molecule has 1 heterocycles. The summed E-state index contributed by atoms with van der Waals surface area (Å²) < 4.78 is 27.9. The Morgan fingerprint density at radius 1 is 1.15 bits per heavy atom. The summed E-state index contributed by atoms with van der Waals surface area (Å²) in [6.45, 7) is 5.10. The molecule has 0 bridgehead atoms. The molecule has 184 valence electrons. The Kier molecular flexibility index (Phi) is 8.98. The van der Waals surface area contributed by atoms with E-state index in [1.165, 1.54) is 10.4 Å². The van der Waals surface area contributed by atoms with E-state index in [1.54, 1.807) is 27.8 Å². The number of imide groups is 1. The number of benzene rings is 1. The third kappa shape index (κ3) is 6.99. The largest absolute Gasteiger partial charge is 0.327 e. The first-order valence-corrected chi connectivity index (χ1v) is 12.6. The first kappa shape index (κ1) is 26.7. The van der Waals surface area contributed by atoms with E-state index in [4.69, 9.17) is 5.21 Å².